The smallest absolute Gasteiger partial charge is 0.245 e. The fourth-order valence-electron chi connectivity index (χ4n) is 8.79. The summed E-state index contributed by atoms with van der Waals surface area (Å²) in [5.41, 5.74) is 0.835. The topological polar surface area (TPSA) is 167 Å². The van der Waals surface area contributed by atoms with E-state index in [2.05, 4.69) is 16.0 Å². The Morgan fingerprint density at radius 2 is 1.74 bits per heavy atom. The van der Waals surface area contributed by atoms with Gasteiger partial charge in [0.2, 0.25) is 31.7 Å². The van der Waals surface area contributed by atoms with Gasteiger partial charge in [0, 0.05) is 40.3 Å². The van der Waals surface area contributed by atoms with E-state index in [0.717, 1.165) is 37.7 Å². The number of carbonyl (C=O) groups excluding carboxylic acids is 4. The van der Waals surface area contributed by atoms with Gasteiger partial charge in [0.15, 0.2) is 0 Å². The van der Waals surface area contributed by atoms with Crippen LogP contribution in [0.4, 0.5) is 0 Å². The number of likely N-dealkylation sites (N-methyl/N-ethyl adjacent to an activating group) is 1. The van der Waals surface area contributed by atoms with E-state index in [1.165, 1.54) is 7.11 Å². The molecule has 4 N–H and O–H groups in total. The molecule has 0 spiro atoms. The van der Waals surface area contributed by atoms with Crippen LogP contribution in [0.1, 0.15) is 85.1 Å². The van der Waals surface area contributed by atoms with Crippen molar-refractivity contribution in [1.29, 1.82) is 0 Å². The van der Waals surface area contributed by atoms with Crippen molar-refractivity contribution in [2.45, 2.75) is 134 Å². The predicted octanol–water partition coefficient (Wildman–Crippen LogP) is 3.34. The number of methoxy groups -OCH3 is 2. The van der Waals surface area contributed by atoms with Crippen LogP contribution < -0.4 is 16.0 Å². The van der Waals surface area contributed by atoms with E-state index in [1.54, 1.807) is 30.9 Å². The number of hydrogen-bond acceptors (Lipinski definition) is 8. The van der Waals surface area contributed by atoms with Crippen molar-refractivity contribution < 1.29 is 38.1 Å². The van der Waals surface area contributed by atoms with Gasteiger partial charge >= 0.3 is 0 Å². The van der Waals surface area contributed by atoms with Crippen LogP contribution in [-0.4, -0.2) is 114 Å². The summed E-state index contributed by atoms with van der Waals surface area (Å²) in [4.78, 5) is 68.8. The van der Waals surface area contributed by atoms with Crippen molar-refractivity contribution in [3.05, 3.63) is 35.9 Å². The third-order valence-electron chi connectivity index (χ3n) is 12.0. The first-order valence-electron chi connectivity index (χ1n) is 19.5. The van der Waals surface area contributed by atoms with Crippen LogP contribution in [0.25, 0.3) is 0 Å². The first-order valence-corrected chi connectivity index (χ1v) is 20.9. The summed E-state index contributed by atoms with van der Waals surface area (Å²) in [6, 6.07) is 7.74. The van der Waals surface area contributed by atoms with Gasteiger partial charge in [-0.05, 0) is 55.4 Å². The molecule has 1 aromatic carbocycles. The number of piperidine rings is 1. The monoisotopic (exact) mass is 761 g/mol. The number of carbonyl (C=O) groups is 4. The molecule has 0 aromatic heterocycles. The lowest BCUT2D eigenvalue weighted by Crippen LogP contribution is -2.59. The van der Waals surface area contributed by atoms with Crippen molar-refractivity contribution in [1.82, 2.24) is 25.8 Å². The van der Waals surface area contributed by atoms with Gasteiger partial charge in [0.25, 0.3) is 0 Å². The molecule has 13 nitrogen and oxygen atoms in total. The fraction of sp³-hybridized carbons (Fsp3) is 0.744. The Labute approximate surface area is 316 Å². The van der Waals surface area contributed by atoms with Crippen LogP contribution in [0.3, 0.4) is 0 Å². The molecule has 2 saturated heterocycles. The van der Waals surface area contributed by atoms with Crippen molar-refractivity contribution in [2.24, 2.45) is 23.7 Å². The summed E-state index contributed by atoms with van der Waals surface area (Å²) in [7, 11) is 1.71. The first-order chi connectivity index (χ1) is 25.2. The lowest BCUT2D eigenvalue weighted by Gasteiger charge is -2.41. The lowest BCUT2D eigenvalue weighted by atomic mass is 9.89. The molecule has 1 aliphatic carbocycles. The number of hydrogen-bond donors (Lipinski definition) is 4. The number of likely N-dealkylation sites (tertiary alicyclic amines) is 1. The Hall–Kier alpha value is -2.83. The maximum atomic E-state index is 14.2. The van der Waals surface area contributed by atoms with Crippen molar-refractivity contribution in [3.8, 4) is 0 Å². The Morgan fingerprint density at radius 1 is 1.04 bits per heavy atom. The minimum absolute atomic E-state index is 0.00996. The number of nitrogens with one attached hydrogen (secondary N) is 3. The molecule has 1 aromatic rings. The normalized spacial score (nSPS) is 25.6. The van der Waals surface area contributed by atoms with Gasteiger partial charge in [-0.3, -0.25) is 23.7 Å². The molecule has 3 fully saturated rings. The summed E-state index contributed by atoms with van der Waals surface area (Å²) in [6.07, 6.45) is 4.13. The summed E-state index contributed by atoms with van der Waals surface area (Å²) in [6.45, 7) is 10.1. The minimum Gasteiger partial charge on any atom is -0.379 e. The second-order valence-electron chi connectivity index (χ2n) is 15.8. The number of nitrogens with zero attached hydrogens (tertiary/aromatic N) is 2. The van der Waals surface area contributed by atoms with E-state index in [0.29, 0.717) is 24.9 Å². The van der Waals surface area contributed by atoms with E-state index in [-0.39, 0.29) is 48.4 Å². The van der Waals surface area contributed by atoms with Crippen LogP contribution in [0.15, 0.2) is 30.3 Å². The van der Waals surface area contributed by atoms with Gasteiger partial charge in [0.05, 0.1) is 42.7 Å². The molecule has 0 radical (unpaired) electrons. The Balaban J connectivity index is 1.45. The number of rotatable bonds is 19. The van der Waals surface area contributed by atoms with Crippen LogP contribution in [0, 0.1) is 23.7 Å². The molecule has 3 unspecified atom stereocenters. The molecule has 3 aliphatic rings. The maximum Gasteiger partial charge on any atom is 0.245 e. The lowest BCUT2D eigenvalue weighted by molar-refractivity contribution is -0.147. The third-order valence-corrected chi connectivity index (χ3v) is 13.0. The molecule has 4 amide bonds. The average Bonchev–Trinajstić information content (AvgIpc) is 3.92. The molecule has 1 saturated carbocycles. The van der Waals surface area contributed by atoms with Crippen molar-refractivity contribution in [3.63, 3.8) is 0 Å². The zero-order valence-electron chi connectivity index (χ0n) is 32.9. The highest BCUT2D eigenvalue weighted by molar-refractivity contribution is 7.38. The van der Waals surface area contributed by atoms with Crippen molar-refractivity contribution >= 4 is 31.7 Å². The first kappa shape index (κ1) is 42.9. The SMILES string of the molecule is CC[C@H](C)[C@@H]([C@@H](CC(=O)N1CCCC1[C@H](OC)[C@@H](C)C(=O)N[C@@H](Cc1ccccc1)[PH](=O)O)OC)N(C)C(=O)C(NC(=O)[C@H]1N[C@@H]2CC[C@H]1C2)C(C)C. The standard InChI is InChI=1S/C39H64N5O8P/c1-9-24(4)35(43(6)39(48)33(23(2)3)42-38(47)34-27-17-18-28(21-27)40-34)30(51-7)22-32(45)44-19-13-16-29(44)36(52-8)25(5)37(46)41-31(53(49)50)20-26-14-11-10-12-15-26/h10-12,14-15,23-25,27-31,33-36,40,53H,9,13,16-22H2,1-8H3,(H,41,46)(H,42,47)(H,49,50)/t24-,25+,27-,28+,29?,30+,31+,33?,34-,35-,36+/m0/s1. The molecule has 2 bridgehead atoms. The number of amides is 4. The minimum atomic E-state index is -3.09. The van der Waals surface area contributed by atoms with Crippen LogP contribution in [0.2, 0.25) is 0 Å². The van der Waals surface area contributed by atoms with Gasteiger partial charge < -0.3 is 40.1 Å². The van der Waals surface area contributed by atoms with Gasteiger partial charge in [-0.25, -0.2) is 0 Å². The highest BCUT2D eigenvalue weighted by Crippen LogP contribution is 2.36. The second kappa shape index (κ2) is 19.7. The van der Waals surface area contributed by atoms with E-state index in [4.69, 9.17) is 9.47 Å². The molecule has 2 heterocycles. The van der Waals surface area contributed by atoms with Crippen LogP contribution in [0.5, 0.6) is 0 Å². The fourth-order valence-corrected chi connectivity index (χ4v) is 9.46. The Morgan fingerprint density at radius 3 is 2.28 bits per heavy atom. The van der Waals surface area contributed by atoms with E-state index >= 15 is 0 Å². The highest BCUT2D eigenvalue weighted by Gasteiger charge is 2.46. The quantitative estimate of drug-likeness (QED) is 0.155. The largest absolute Gasteiger partial charge is 0.379 e. The van der Waals surface area contributed by atoms with Crippen molar-refractivity contribution in [2.75, 3.05) is 27.8 Å². The van der Waals surface area contributed by atoms with Gasteiger partial charge in [-0.1, -0.05) is 71.4 Å². The molecule has 4 rings (SSSR count). The van der Waals surface area contributed by atoms with E-state index < -0.39 is 56.0 Å². The molecular formula is C39H64N5O8P. The van der Waals surface area contributed by atoms with Crippen LogP contribution in [-0.2, 0) is 39.6 Å². The van der Waals surface area contributed by atoms with Gasteiger partial charge in [-0.15, -0.1) is 0 Å². The second-order valence-corrected chi connectivity index (χ2v) is 17.2. The molecule has 14 heteroatoms. The summed E-state index contributed by atoms with van der Waals surface area (Å²) < 4.78 is 24.2. The number of ether oxygens (including phenoxy) is 2. The highest BCUT2D eigenvalue weighted by atomic mass is 31.1. The molecule has 298 valence electrons. The Bertz CT molecular complexity index is 1420. The molecular weight excluding hydrogens is 697 g/mol. The number of benzene rings is 1. The predicted molar refractivity (Wildman–Crippen MR) is 204 cm³/mol. The van der Waals surface area contributed by atoms with E-state index in [1.807, 2.05) is 58.0 Å². The molecule has 12 atom stereocenters. The maximum absolute atomic E-state index is 14.2. The third kappa shape index (κ3) is 10.5. The van der Waals surface area contributed by atoms with Gasteiger partial charge in [-0.2, -0.15) is 0 Å². The average molecular weight is 762 g/mol. The summed E-state index contributed by atoms with van der Waals surface area (Å²) in [5, 5.41) is 9.26. The number of fused-ring (bicyclic) bond motifs is 2. The summed E-state index contributed by atoms with van der Waals surface area (Å²) >= 11 is 0. The zero-order chi connectivity index (χ0) is 39.0. The zero-order valence-corrected chi connectivity index (χ0v) is 33.9. The van der Waals surface area contributed by atoms with E-state index in [9.17, 15) is 28.6 Å². The molecule has 53 heavy (non-hydrogen) atoms. The molecule has 2 aliphatic heterocycles. The Kier molecular flexibility index (Phi) is 15.9. The van der Waals surface area contributed by atoms with Crippen LogP contribution >= 0.6 is 8.03 Å². The van der Waals surface area contributed by atoms with Gasteiger partial charge in [0.1, 0.15) is 11.8 Å². The summed E-state index contributed by atoms with van der Waals surface area (Å²) in [5.74, 6) is -2.47.